The fourth-order valence-electron chi connectivity index (χ4n) is 3.99. The summed E-state index contributed by atoms with van der Waals surface area (Å²) >= 11 is 0. The van der Waals surface area contributed by atoms with Crippen LogP contribution in [0.4, 0.5) is 0 Å². The minimum Gasteiger partial charge on any atom is -0.289 e. The highest BCUT2D eigenvalue weighted by Crippen LogP contribution is 2.45. The molecule has 0 spiro atoms. The van der Waals surface area contributed by atoms with Crippen LogP contribution >= 0.6 is 7.92 Å². The number of unbranched alkanes of at least 4 members (excludes halogenated alkanes) is 2. The number of hydrogen-bond acceptors (Lipinski definition) is 1. The van der Waals surface area contributed by atoms with E-state index in [1.165, 1.54) is 31.2 Å². The summed E-state index contributed by atoms with van der Waals surface area (Å²) in [5, 5.41) is 0. The van der Waals surface area contributed by atoms with Crippen molar-refractivity contribution < 1.29 is 4.79 Å². The van der Waals surface area contributed by atoms with Gasteiger partial charge in [0, 0.05) is 5.56 Å². The van der Waals surface area contributed by atoms with Crippen LogP contribution in [0.3, 0.4) is 0 Å². The highest BCUT2D eigenvalue weighted by atomic mass is 31.1. The van der Waals surface area contributed by atoms with Gasteiger partial charge >= 0.3 is 0 Å². The average molecular weight is 363 g/mol. The molecule has 0 aliphatic rings. The molecule has 2 unspecified atom stereocenters. The number of benzene rings is 1. The summed E-state index contributed by atoms with van der Waals surface area (Å²) in [6.45, 7) is 17.8. The van der Waals surface area contributed by atoms with Crippen LogP contribution in [0.15, 0.2) is 12.1 Å². The van der Waals surface area contributed by atoms with Crippen LogP contribution in [0, 0.1) is 32.1 Å². The first-order chi connectivity index (χ1) is 11.5. The molecule has 0 fully saturated rings. The van der Waals surface area contributed by atoms with Gasteiger partial charge in [0.25, 0.3) is 0 Å². The maximum atomic E-state index is 13.4. The molecular weight excluding hydrogens is 323 g/mol. The van der Waals surface area contributed by atoms with Gasteiger partial charge in [-0.25, -0.2) is 0 Å². The second kappa shape index (κ2) is 9.86. The third-order valence-corrected chi connectivity index (χ3v) is 7.42. The minimum atomic E-state index is -0.583. The van der Waals surface area contributed by atoms with Crippen molar-refractivity contribution >= 4 is 13.4 Å². The Hall–Kier alpha value is -0.680. The highest BCUT2D eigenvalue weighted by molar-refractivity contribution is 7.75. The molecule has 2 atom stereocenters. The van der Waals surface area contributed by atoms with Crippen molar-refractivity contribution in [3.63, 3.8) is 0 Å². The molecule has 0 aliphatic heterocycles. The Morgan fingerprint density at radius 2 is 1.64 bits per heavy atom. The first-order valence-corrected chi connectivity index (χ1v) is 11.6. The van der Waals surface area contributed by atoms with Crippen LogP contribution in [-0.4, -0.2) is 17.8 Å². The highest BCUT2D eigenvalue weighted by Gasteiger charge is 2.26. The summed E-state index contributed by atoms with van der Waals surface area (Å²) in [5.74, 6) is 0.614. The number of aryl methyl sites for hydroxylation is 3. The largest absolute Gasteiger partial charge is 0.289 e. The lowest BCUT2D eigenvalue weighted by Crippen LogP contribution is -2.16. The number of rotatable bonds is 9. The smallest absolute Gasteiger partial charge is 0.184 e. The lowest BCUT2D eigenvalue weighted by molar-refractivity contribution is 0.108. The van der Waals surface area contributed by atoms with Crippen molar-refractivity contribution in [1.82, 2.24) is 0 Å². The van der Waals surface area contributed by atoms with E-state index in [-0.39, 0.29) is 0 Å². The van der Waals surface area contributed by atoms with Gasteiger partial charge in [0.15, 0.2) is 5.52 Å². The molecule has 0 amide bonds. The fourth-order valence-corrected chi connectivity index (χ4v) is 6.70. The third kappa shape index (κ3) is 7.61. The van der Waals surface area contributed by atoms with Crippen molar-refractivity contribution in [1.29, 1.82) is 0 Å². The molecule has 0 aromatic heterocycles. The summed E-state index contributed by atoms with van der Waals surface area (Å²) in [6.07, 6.45) is 7.03. The monoisotopic (exact) mass is 362 g/mol. The van der Waals surface area contributed by atoms with E-state index < -0.39 is 7.92 Å². The Balaban J connectivity index is 3.00. The van der Waals surface area contributed by atoms with Gasteiger partial charge in [0.05, 0.1) is 0 Å². The molecule has 25 heavy (non-hydrogen) atoms. The number of carbonyl (C=O) groups excluding carboxylic acids is 1. The summed E-state index contributed by atoms with van der Waals surface area (Å²) in [5.41, 5.74) is 5.37. The topological polar surface area (TPSA) is 17.1 Å². The maximum absolute atomic E-state index is 13.4. The molecule has 1 aromatic carbocycles. The van der Waals surface area contributed by atoms with Gasteiger partial charge in [0.1, 0.15) is 0 Å². The SMILES string of the molecule is CCCCCP(CC(C)CC(C)(C)C)C(=O)c1c(C)cc(C)cc1C. The molecule has 0 bridgehead atoms. The van der Waals surface area contributed by atoms with Gasteiger partial charge in [-0.15, -0.1) is 0 Å². The van der Waals surface area contributed by atoms with Gasteiger partial charge in [-0.05, 0) is 76.3 Å². The van der Waals surface area contributed by atoms with E-state index in [1.807, 2.05) is 0 Å². The Kier molecular flexibility index (Phi) is 8.82. The summed E-state index contributed by atoms with van der Waals surface area (Å²) in [7, 11) is -0.583. The van der Waals surface area contributed by atoms with Crippen LogP contribution in [0.1, 0.15) is 87.4 Å². The van der Waals surface area contributed by atoms with E-state index in [4.69, 9.17) is 0 Å². The molecule has 0 N–H and O–H groups in total. The van der Waals surface area contributed by atoms with Crippen molar-refractivity contribution in [3.05, 3.63) is 34.4 Å². The van der Waals surface area contributed by atoms with Gasteiger partial charge in [-0.1, -0.05) is 65.2 Å². The van der Waals surface area contributed by atoms with Crippen LogP contribution in [-0.2, 0) is 0 Å². The predicted molar refractivity (Wildman–Crippen MR) is 114 cm³/mol. The molecule has 0 aliphatic carbocycles. The van der Waals surface area contributed by atoms with E-state index >= 15 is 0 Å². The fraction of sp³-hybridized carbons (Fsp3) is 0.696. The predicted octanol–water partition coefficient (Wildman–Crippen LogP) is 7.50. The first kappa shape index (κ1) is 22.4. The number of hydrogen-bond donors (Lipinski definition) is 0. The van der Waals surface area contributed by atoms with E-state index in [9.17, 15) is 4.79 Å². The Morgan fingerprint density at radius 1 is 1.08 bits per heavy atom. The van der Waals surface area contributed by atoms with Gasteiger partial charge in [0.2, 0.25) is 0 Å². The van der Waals surface area contributed by atoms with Crippen LogP contribution < -0.4 is 0 Å². The molecule has 142 valence electrons. The molecule has 0 radical (unpaired) electrons. The number of carbonyl (C=O) groups is 1. The second-order valence-electron chi connectivity index (χ2n) is 9.10. The lowest BCUT2D eigenvalue weighted by Gasteiger charge is -2.27. The minimum absolute atomic E-state index is 0.336. The maximum Gasteiger partial charge on any atom is 0.184 e. The van der Waals surface area contributed by atoms with E-state index in [0.29, 0.717) is 16.9 Å². The molecule has 0 saturated heterocycles. The van der Waals surface area contributed by atoms with Gasteiger partial charge < -0.3 is 0 Å². The summed E-state index contributed by atoms with van der Waals surface area (Å²) in [6, 6.07) is 4.33. The molecule has 0 saturated carbocycles. The molecule has 0 heterocycles. The van der Waals surface area contributed by atoms with Gasteiger partial charge in [-0.2, -0.15) is 0 Å². The average Bonchev–Trinajstić information content (AvgIpc) is 2.43. The Morgan fingerprint density at radius 3 is 2.12 bits per heavy atom. The first-order valence-electron chi connectivity index (χ1n) is 9.92. The quantitative estimate of drug-likeness (QED) is 0.328. The third-order valence-electron chi connectivity index (χ3n) is 4.70. The summed E-state index contributed by atoms with van der Waals surface area (Å²) in [4.78, 5) is 13.4. The second-order valence-corrected chi connectivity index (χ2v) is 11.4. The van der Waals surface area contributed by atoms with Crippen molar-refractivity contribution in [2.45, 2.75) is 81.1 Å². The molecule has 1 aromatic rings. The zero-order valence-corrected chi connectivity index (χ0v) is 18.7. The van der Waals surface area contributed by atoms with E-state index in [2.05, 4.69) is 67.5 Å². The van der Waals surface area contributed by atoms with Crippen molar-refractivity contribution in [2.24, 2.45) is 11.3 Å². The Bertz CT molecular complexity index is 545. The zero-order chi connectivity index (χ0) is 19.2. The van der Waals surface area contributed by atoms with E-state index in [0.717, 1.165) is 29.0 Å². The normalized spacial score (nSPS) is 14.4. The van der Waals surface area contributed by atoms with Crippen LogP contribution in [0.2, 0.25) is 0 Å². The standard InChI is InChI=1S/C23H39OP/c1-9-10-11-12-25(16-18(3)15-23(6,7)8)22(24)21-19(4)13-17(2)14-20(21)5/h13-14,18H,9-12,15-16H2,1-8H3. The van der Waals surface area contributed by atoms with Crippen molar-refractivity contribution in [3.8, 4) is 0 Å². The summed E-state index contributed by atoms with van der Waals surface area (Å²) < 4.78 is 0. The Labute approximate surface area is 157 Å². The molecule has 2 heteroatoms. The van der Waals surface area contributed by atoms with Gasteiger partial charge in [-0.3, -0.25) is 4.79 Å². The van der Waals surface area contributed by atoms with Crippen LogP contribution in [0.25, 0.3) is 0 Å². The van der Waals surface area contributed by atoms with Crippen molar-refractivity contribution in [2.75, 3.05) is 12.3 Å². The molecular formula is C23H39OP. The zero-order valence-electron chi connectivity index (χ0n) is 17.8. The van der Waals surface area contributed by atoms with Crippen LogP contribution in [0.5, 0.6) is 0 Å². The molecule has 1 nitrogen and oxygen atoms in total. The lowest BCUT2D eigenvalue weighted by atomic mass is 9.86. The van der Waals surface area contributed by atoms with E-state index in [1.54, 1.807) is 0 Å². The molecule has 1 rings (SSSR count).